The molecule has 1 amide bonds. The summed E-state index contributed by atoms with van der Waals surface area (Å²) in [5.74, 6) is -5.35. The number of rotatable bonds is 10. The molecule has 1 aromatic carbocycles. The van der Waals surface area contributed by atoms with E-state index in [1.54, 1.807) is 40.7 Å². The summed E-state index contributed by atoms with van der Waals surface area (Å²) < 4.78 is 49.3. The summed E-state index contributed by atoms with van der Waals surface area (Å²) in [5, 5.41) is 14.0. The first-order chi connectivity index (χ1) is 20.2. The van der Waals surface area contributed by atoms with Crippen molar-refractivity contribution in [3.05, 3.63) is 83.2 Å². The topological polar surface area (TPSA) is 150 Å². The van der Waals surface area contributed by atoms with Crippen LogP contribution in [0.3, 0.4) is 0 Å². The summed E-state index contributed by atoms with van der Waals surface area (Å²) in [6, 6.07) is 4.37. The molecule has 2 atom stereocenters. The molecule has 0 radical (unpaired) electrons. The van der Waals surface area contributed by atoms with Crippen LogP contribution in [0, 0.1) is 30.3 Å². The molecule has 0 unspecified atom stereocenters. The number of anilines is 3. The Morgan fingerprint density at radius 3 is 2.28 bits per heavy atom. The predicted molar refractivity (Wildman–Crippen MR) is 152 cm³/mol. The van der Waals surface area contributed by atoms with Gasteiger partial charge in [0.25, 0.3) is 5.91 Å². The van der Waals surface area contributed by atoms with Gasteiger partial charge in [0.15, 0.2) is 11.6 Å². The molecule has 4 rings (SSSR count). The number of aromatic nitrogens is 5. The number of ether oxygens (including phenoxy) is 1. The Hall–Kier alpha value is -5.01. The van der Waals surface area contributed by atoms with E-state index in [1.807, 2.05) is 0 Å². The van der Waals surface area contributed by atoms with E-state index in [4.69, 9.17) is 10.5 Å². The Kier molecular flexibility index (Phi) is 8.97. The minimum atomic E-state index is -1.01. The lowest BCUT2D eigenvalue weighted by Crippen LogP contribution is -2.28. The number of esters is 1. The Balaban J connectivity index is 1.72. The van der Waals surface area contributed by atoms with Crippen LogP contribution in [-0.2, 0) is 9.53 Å². The standard InChI is InChI=1S/C29H31F3N8O3/c1-15(8-24(41)43-29(3,4)5)25(17-9-18(30)11-19(31)10-17)38-28-22(32)13-21(26(33)42)27(39-28)37-20-12-23(16(2)34-14-20)40-35-6-7-36-40/h6-7,9-15,25H,8H2,1-5H3,(H2,33,42)(H2,37,38,39)/t15-,25+/m1/s1. The van der Waals surface area contributed by atoms with Gasteiger partial charge in [-0.25, -0.2) is 18.2 Å². The van der Waals surface area contributed by atoms with E-state index >= 15 is 4.39 Å². The first-order valence-corrected chi connectivity index (χ1v) is 13.2. The van der Waals surface area contributed by atoms with Crippen LogP contribution in [-0.4, -0.2) is 42.4 Å². The molecule has 3 aromatic heterocycles. The highest BCUT2D eigenvalue weighted by Crippen LogP contribution is 2.33. The van der Waals surface area contributed by atoms with Gasteiger partial charge in [-0.05, 0) is 63.4 Å². The van der Waals surface area contributed by atoms with Gasteiger partial charge in [-0.15, -0.1) is 4.80 Å². The Morgan fingerprint density at radius 2 is 1.67 bits per heavy atom. The fourth-order valence-electron chi connectivity index (χ4n) is 4.36. The van der Waals surface area contributed by atoms with E-state index < -0.39 is 46.9 Å². The zero-order chi connectivity index (χ0) is 31.5. The fraction of sp³-hybridized carbons (Fsp3) is 0.310. The number of amides is 1. The molecule has 3 heterocycles. The third-order valence-corrected chi connectivity index (χ3v) is 6.21. The maximum absolute atomic E-state index is 15.4. The van der Waals surface area contributed by atoms with Crippen LogP contribution < -0.4 is 16.4 Å². The van der Waals surface area contributed by atoms with Crippen LogP contribution in [0.1, 0.15) is 61.8 Å². The van der Waals surface area contributed by atoms with Gasteiger partial charge in [0.05, 0.1) is 48.0 Å². The highest BCUT2D eigenvalue weighted by atomic mass is 19.1. The van der Waals surface area contributed by atoms with Gasteiger partial charge in [-0.3, -0.25) is 14.6 Å². The van der Waals surface area contributed by atoms with Crippen molar-refractivity contribution in [2.24, 2.45) is 11.7 Å². The molecule has 0 fully saturated rings. The van der Waals surface area contributed by atoms with E-state index in [1.165, 1.54) is 23.4 Å². The number of hydrogen-bond acceptors (Lipinski definition) is 9. The molecular formula is C29H31F3N8O3. The van der Waals surface area contributed by atoms with Gasteiger partial charge in [0.2, 0.25) is 0 Å². The van der Waals surface area contributed by atoms with Crippen molar-refractivity contribution in [3.8, 4) is 5.69 Å². The number of benzene rings is 1. The van der Waals surface area contributed by atoms with Crippen molar-refractivity contribution in [2.45, 2.75) is 52.7 Å². The SMILES string of the molecule is Cc1ncc(Nc2nc(N[C@H](c3cc(F)cc(F)c3)[C@H](C)CC(=O)OC(C)(C)C)c(F)cc2C(N)=O)cc1-n1nccn1. The molecule has 14 heteroatoms. The van der Waals surface area contributed by atoms with E-state index in [-0.39, 0.29) is 29.2 Å². The lowest BCUT2D eigenvalue weighted by molar-refractivity contribution is -0.155. The van der Waals surface area contributed by atoms with Crippen LogP contribution in [0.2, 0.25) is 0 Å². The van der Waals surface area contributed by atoms with Gasteiger partial charge in [-0.2, -0.15) is 10.2 Å². The lowest BCUT2D eigenvalue weighted by atomic mass is 9.91. The molecule has 0 spiro atoms. The average molecular weight is 597 g/mol. The summed E-state index contributed by atoms with van der Waals surface area (Å²) in [6.45, 7) is 8.52. The van der Waals surface area contributed by atoms with Crippen molar-refractivity contribution in [1.29, 1.82) is 0 Å². The Morgan fingerprint density at radius 1 is 1.02 bits per heavy atom. The number of hydrogen-bond donors (Lipinski definition) is 3. The number of aryl methyl sites for hydroxylation is 1. The minimum absolute atomic E-state index is 0.0994. The van der Waals surface area contributed by atoms with E-state index in [9.17, 15) is 18.4 Å². The van der Waals surface area contributed by atoms with Crippen molar-refractivity contribution in [3.63, 3.8) is 0 Å². The van der Waals surface area contributed by atoms with Crippen LogP contribution in [0.25, 0.3) is 5.69 Å². The number of carbonyl (C=O) groups is 2. The predicted octanol–water partition coefficient (Wildman–Crippen LogP) is 5.15. The number of pyridine rings is 2. The Labute approximate surface area is 245 Å². The number of nitrogens with two attached hydrogens (primary N) is 1. The molecular weight excluding hydrogens is 565 g/mol. The zero-order valence-corrected chi connectivity index (χ0v) is 24.2. The fourth-order valence-corrected chi connectivity index (χ4v) is 4.36. The highest BCUT2D eigenvalue weighted by Gasteiger charge is 2.28. The molecule has 226 valence electrons. The number of nitrogens with zero attached hydrogens (tertiary/aromatic N) is 5. The van der Waals surface area contributed by atoms with Crippen LogP contribution in [0.5, 0.6) is 0 Å². The van der Waals surface area contributed by atoms with Crippen LogP contribution >= 0.6 is 0 Å². The lowest BCUT2D eigenvalue weighted by Gasteiger charge is -2.28. The molecule has 0 aliphatic rings. The maximum Gasteiger partial charge on any atom is 0.306 e. The van der Waals surface area contributed by atoms with Gasteiger partial charge >= 0.3 is 5.97 Å². The highest BCUT2D eigenvalue weighted by molar-refractivity contribution is 5.98. The maximum atomic E-state index is 15.4. The smallest absolute Gasteiger partial charge is 0.306 e. The number of nitrogens with one attached hydrogen (secondary N) is 2. The zero-order valence-electron chi connectivity index (χ0n) is 24.2. The van der Waals surface area contributed by atoms with Gasteiger partial charge < -0.3 is 21.1 Å². The first kappa shape index (κ1) is 30.9. The molecule has 0 bridgehead atoms. The largest absolute Gasteiger partial charge is 0.460 e. The monoisotopic (exact) mass is 596 g/mol. The molecule has 0 saturated heterocycles. The summed E-state index contributed by atoms with van der Waals surface area (Å²) in [6.07, 6.45) is 4.29. The molecule has 0 saturated carbocycles. The van der Waals surface area contributed by atoms with Crippen molar-refractivity contribution in [2.75, 3.05) is 10.6 Å². The third-order valence-electron chi connectivity index (χ3n) is 6.21. The molecule has 4 N–H and O–H groups in total. The molecule has 11 nitrogen and oxygen atoms in total. The van der Waals surface area contributed by atoms with Gasteiger partial charge in [0, 0.05) is 6.07 Å². The number of primary amides is 1. The summed E-state index contributed by atoms with van der Waals surface area (Å²) >= 11 is 0. The quantitative estimate of drug-likeness (QED) is 0.211. The Bertz CT molecular complexity index is 1620. The van der Waals surface area contributed by atoms with Crippen LogP contribution in [0.15, 0.2) is 48.9 Å². The van der Waals surface area contributed by atoms with E-state index in [0.717, 1.165) is 18.2 Å². The second-order valence-corrected chi connectivity index (χ2v) is 10.9. The summed E-state index contributed by atoms with van der Waals surface area (Å²) in [7, 11) is 0. The van der Waals surface area contributed by atoms with Crippen molar-refractivity contribution in [1.82, 2.24) is 25.0 Å². The second-order valence-electron chi connectivity index (χ2n) is 10.9. The summed E-state index contributed by atoms with van der Waals surface area (Å²) in [4.78, 5) is 34.8. The van der Waals surface area contributed by atoms with Gasteiger partial charge in [-0.1, -0.05) is 6.92 Å². The normalized spacial score (nSPS) is 12.8. The molecule has 0 aliphatic carbocycles. The van der Waals surface area contributed by atoms with Crippen molar-refractivity contribution >= 4 is 29.2 Å². The second kappa shape index (κ2) is 12.5. The van der Waals surface area contributed by atoms with E-state index in [0.29, 0.717) is 23.1 Å². The molecule has 43 heavy (non-hydrogen) atoms. The van der Waals surface area contributed by atoms with Gasteiger partial charge in [0.1, 0.15) is 28.7 Å². The number of halogens is 3. The first-order valence-electron chi connectivity index (χ1n) is 13.2. The molecule has 4 aromatic rings. The third kappa shape index (κ3) is 7.84. The average Bonchev–Trinajstić information content (AvgIpc) is 3.42. The number of carbonyl (C=O) groups excluding carboxylic acids is 2. The van der Waals surface area contributed by atoms with Crippen molar-refractivity contribution < 1.29 is 27.5 Å². The summed E-state index contributed by atoms with van der Waals surface area (Å²) in [5.41, 5.74) is 6.08. The van der Waals surface area contributed by atoms with E-state index in [2.05, 4.69) is 30.8 Å². The minimum Gasteiger partial charge on any atom is -0.460 e. The molecule has 0 aliphatic heterocycles. The van der Waals surface area contributed by atoms with Crippen LogP contribution in [0.4, 0.5) is 30.5 Å².